The summed E-state index contributed by atoms with van der Waals surface area (Å²) in [6.07, 6.45) is 4.53. The summed E-state index contributed by atoms with van der Waals surface area (Å²) in [5.41, 5.74) is 0. The summed E-state index contributed by atoms with van der Waals surface area (Å²) in [4.78, 5) is 16.1. The molecule has 1 unspecified atom stereocenters. The Labute approximate surface area is 126 Å². The van der Waals surface area contributed by atoms with E-state index in [1.165, 1.54) is 12.8 Å². The molecule has 2 aliphatic rings. The Morgan fingerprint density at radius 2 is 2.16 bits per heavy atom. The maximum Gasteiger partial charge on any atom is 0.191 e. The molecule has 1 aromatic heterocycles. The summed E-state index contributed by atoms with van der Waals surface area (Å²) in [6, 6.07) is 2.68. The minimum absolute atomic E-state index is 0.109. The molecule has 3 nitrogen and oxygen atoms in total. The Hall–Kier alpha value is -0.230. The second kappa shape index (κ2) is 6.04. The molecule has 3 heterocycles. The molecule has 2 fully saturated rings. The average Bonchev–Trinajstić information content (AvgIpc) is 3.07. The van der Waals surface area contributed by atoms with Gasteiger partial charge in [0.15, 0.2) is 5.78 Å². The lowest BCUT2D eigenvalue weighted by Crippen LogP contribution is -2.47. The van der Waals surface area contributed by atoms with Crippen LogP contribution in [0.4, 0.5) is 0 Å². The van der Waals surface area contributed by atoms with Gasteiger partial charge in [-0.25, -0.2) is 0 Å². The van der Waals surface area contributed by atoms with Crippen LogP contribution in [0.1, 0.15) is 35.4 Å². The monoisotopic (exact) mass is 342 g/mol. The van der Waals surface area contributed by atoms with E-state index in [0.29, 0.717) is 11.8 Å². The SMILES string of the molecule is O=C(c1sccc1Br)C1CCCN1C1CCNCC1. The number of carbonyl (C=O) groups is 1. The van der Waals surface area contributed by atoms with Crippen molar-refractivity contribution in [2.75, 3.05) is 19.6 Å². The molecular weight excluding hydrogens is 324 g/mol. The van der Waals surface area contributed by atoms with E-state index in [1.807, 2.05) is 11.4 Å². The number of halogens is 1. The molecule has 0 aliphatic carbocycles. The van der Waals surface area contributed by atoms with Crippen LogP contribution in [-0.2, 0) is 0 Å². The van der Waals surface area contributed by atoms with Crippen LogP contribution in [0.3, 0.4) is 0 Å². The van der Waals surface area contributed by atoms with Crippen LogP contribution in [0.25, 0.3) is 0 Å². The quantitative estimate of drug-likeness (QED) is 0.857. The highest BCUT2D eigenvalue weighted by molar-refractivity contribution is 9.10. The highest BCUT2D eigenvalue weighted by atomic mass is 79.9. The molecule has 1 aromatic rings. The molecule has 5 heteroatoms. The zero-order chi connectivity index (χ0) is 13.2. The lowest BCUT2D eigenvalue weighted by Gasteiger charge is -2.35. The lowest BCUT2D eigenvalue weighted by atomic mass is 10.0. The maximum absolute atomic E-state index is 12.7. The molecule has 0 bridgehead atoms. The Kier molecular flexibility index (Phi) is 4.37. The summed E-state index contributed by atoms with van der Waals surface area (Å²) in [5.74, 6) is 0.318. The largest absolute Gasteiger partial charge is 0.317 e. The smallest absolute Gasteiger partial charge is 0.191 e. The molecule has 2 saturated heterocycles. The number of ketones is 1. The Morgan fingerprint density at radius 1 is 1.37 bits per heavy atom. The van der Waals surface area contributed by atoms with Crippen LogP contribution < -0.4 is 5.32 Å². The maximum atomic E-state index is 12.7. The van der Waals surface area contributed by atoms with Gasteiger partial charge in [0.05, 0.1) is 10.9 Å². The van der Waals surface area contributed by atoms with E-state index in [4.69, 9.17) is 0 Å². The second-order valence-electron chi connectivity index (χ2n) is 5.34. The molecule has 0 aromatic carbocycles. The number of hydrogen-bond acceptors (Lipinski definition) is 4. The number of hydrogen-bond donors (Lipinski definition) is 1. The molecule has 0 radical (unpaired) electrons. The Morgan fingerprint density at radius 3 is 2.84 bits per heavy atom. The van der Waals surface area contributed by atoms with Gasteiger partial charge in [-0.2, -0.15) is 0 Å². The van der Waals surface area contributed by atoms with Crippen molar-refractivity contribution in [2.45, 2.75) is 37.8 Å². The summed E-state index contributed by atoms with van der Waals surface area (Å²) in [5, 5.41) is 5.39. The molecule has 0 spiro atoms. The first-order chi connectivity index (χ1) is 9.27. The van der Waals surface area contributed by atoms with Crippen LogP contribution in [0, 0.1) is 0 Å². The number of Topliss-reactive ketones (excluding diaryl/α,β-unsaturated/α-hetero) is 1. The number of likely N-dealkylation sites (tertiary alicyclic amines) is 1. The molecular formula is C14H19BrN2OS. The van der Waals surface area contributed by atoms with Gasteiger partial charge in [0.25, 0.3) is 0 Å². The summed E-state index contributed by atoms with van der Waals surface area (Å²) in [7, 11) is 0. The first-order valence-electron chi connectivity index (χ1n) is 7.01. The summed E-state index contributed by atoms with van der Waals surface area (Å²) in [6.45, 7) is 3.26. The van der Waals surface area contributed by atoms with Gasteiger partial charge >= 0.3 is 0 Å². The molecule has 19 heavy (non-hydrogen) atoms. The first-order valence-corrected chi connectivity index (χ1v) is 8.68. The third kappa shape index (κ3) is 2.79. The molecule has 0 saturated carbocycles. The van der Waals surface area contributed by atoms with Gasteiger partial charge in [-0.3, -0.25) is 9.69 Å². The fraction of sp³-hybridized carbons (Fsp3) is 0.643. The summed E-state index contributed by atoms with van der Waals surface area (Å²) < 4.78 is 0.958. The van der Waals surface area contributed by atoms with Gasteiger partial charge in [0.1, 0.15) is 0 Å². The van der Waals surface area contributed by atoms with Crippen LogP contribution in [0.5, 0.6) is 0 Å². The van der Waals surface area contributed by atoms with E-state index >= 15 is 0 Å². The second-order valence-corrected chi connectivity index (χ2v) is 7.11. The van der Waals surface area contributed by atoms with Crippen LogP contribution >= 0.6 is 27.3 Å². The zero-order valence-corrected chi connectivity index (χ0v) is 13.3. The molecule has 1 atom stereocenters. The number of piperidine rings is 1. The predicted molar refractivity (Wildman–Crippen MR) is 82.0 cm³/mol. The van der Waals surface area contributed by atoms with Gasteiger partial charge in [0.2, 0.25) is 0 Å². The van der Waals surface area contributed by atoms with Crippen LogP contribution in [-0.4, -0.2) is 42.4 Å². The fourth-order valence-corrected chi connectivity index (χ4v) is 4.82. The molecule has 104 valence electrons. The number of thiophene rings is 1. The van der Waals surface area contributed by atoms with Crippen molar-refractivity contribution in [3.8, 4) is 0 Å². The van der Waals surface area contributed by atoms with Crippen molar-refractivity contribution >= 4 is 33.0 Å². The van der Waals surface area contributed by atoms with Crippen molar-refractivity contribution in [2.24, 2.45) is 0 Å². The highest BCUT2D eigenvalue weighted by Crippen LogP contribution is 2.31. The van der Waals surface area contributed by atoms with Crippen LogP contribution in [0.2, 0.25) is 0 Å². The number of nitrogens with one attached hydrogen (secondary N) is 1. The van der Waals surface area contributed by atoms with Crippen molar-refractivity contribution in [1.82, 2.24) is 10.2 Å². The summed E-state index contributed by atoms with van der Waals surface area (Å²) >= 11 is 5.05. The van der Waals surface area contributed by atoms with E-state index < -0.39 is 0 Å². The van der Waals surface area contributed by atoms with E-state index in [-0.39, 0.29) is 6.04 Å². The number of nitrogens with zero attached hydrogens (tertiary/aromatic N) is 1. The normalized spacial score (nSPS) is 25.8. The van der Waals surface area contributed by atoms with Gasteiger partial charge < -0.3 is 5.32 Å². The van der Waals surface area contributed by atoms with Crippen molar-refractivity contribution in [3.63, 3.8) is 0 Å². The van der Waals surface area contributed by atoms with E-state index in [9.17, 15) is 4.79 Å². The van der Waals surface area contributed by atoms with E-state index in [1.54, 1.807) is 11.3 Å². The third-order valence-corrected chi connectivity index (χ3v) is 6.07. The minimum atomic E-state index is 0.109. The van der Waals surface area contributed by atoms with Gasteiger partial charge in [-0.05, 0) is 72.7 Å². The first kappa shape index (κ1) is 13.7. The average molecular weight is 343 g/mol. The fourth-order valence-electron chi connectivity index (χ4n) is 3.27. The van der Waals surface area contributed by atoms with Gasteiger partial charge in [-0.15, -0.1) is 11.3 Å². The number of rotatable bonds is 3. The van der Waals surface area contributed by atoms with E-state index in [0.717, 1.165) is 41.8 Å². The predicted octanol–water partition coefficient (Wildman–Crippen LogP) is 2.91. The molecule has 1 N–H and O–H groups in total. The third-order valence-electron chi connectivity index (χ3n) is 4.22. The Bertz CT molecular complexity index is 456. The standard InChI is InChI=1S/C14H19BrN2OS/c15-11-5-9-19-14(11)13(18)12-2-1-8-17(12)10-3-6-16-7-4-10/h5,9-10,12,16H,1-4,6-8H2. The molecule has 2 aliphatic heterocycles. The van der Waals surface area contributed by atoms with Crippen molar-refractivity contribution in [3.05, 3.63) is 20.8 Å². The lowest BCUT2D eigenvalue weighted by molar-refractivity contribution is 0.0787. The topological polar surface area (TPSA) is 32.3 Å². The van der Waals surface area contributed by atoms with E-state index in [2.05, 4.69) is 26.1 Å². The Balaban J connectivity index is 1.75. The van der Waals surface area contributed by atoms with Crippen LogP contribution in [0.15, 0.2) is 15.9 Å². The highest BCUT2D eigenvalue weighted by Gasteiger charge is 2.36. The molecule has 0 amide bonds. The van der Waals surface area contributed by atoms with Gasteiger partial charge in [-0.1, -0.05) is 0 Å². The molecule has 3 rings (SSSR count). The van der Waals surface area contributed by atoms with Gasteiger partial charge in [0, 0.05) is 10.5 Å². The zero-order valence-electron chi connectivity index (χ0n) is 10.9. The van der Waals surface area contributed by atoms with Crippen molar-refractivity contribution in [1.29, 1.82) is 0 Å². The minimum Gasteiger partial charge on any atom is -0.317 e. The number of carbonyl (C=O) groups excluding carboxylic acids is 1. The van der Waals surface area contributed by atoms with Crippen molar-refractivity contribution < 1.29 is 4.79 Å².